The summed E-state index contributed by atoms with van der Waals surface area (Å²) in [6, 6.07) is 15.8. The number of imidazole rings is 1. The Morgan fingerprint density at radius 2 is 1.86 bits per heavy atom. The summed E-state index contributed by atoms with van der Waals surface area (Å²) in [4.78, 5) is 20.4. The summed E-state index contributed by atoms with van der Waals surface area (Å²) in [6.07, 6.45) is 4.69. The fourth-order valence-corrected chi connectivity index (χ4v) is 4.65. The van der Waals surface area contributed by atoms with Crippen LogP contribution in [0.5, 0.6) is 11.5 Å². The Hall–Kier alpha value is -3.36. The number of β-amino-alcohol motifs (C(OH)–C–C–N with tert-alkyl or cyclic N) is 1. The Kier molecular flexibility index (Phi) is 8.84. The quantitative estimate of drug-likeness (QED) is 0.425. The maximum atomic E-state index is 12.2. The van der Waals surface area contributed by atoms with Gasteiger partial charge in [0.1, 0.15) is 29.5 Å². The van der Waals surface area contributed by atoms with Crippen molar-refractivity contribution in [2.45, 2.75) is 45.9 Å². The number of aryl methyl sites for hydroxylation is 3. The Morgan fingerprint density at radius 1 is 1.05 bits per heavy atom. The van der Waals surface area contributed by atoms with Crippen LogP contribution in [0.4, 0.5) is 0 Å². The predicted octanol–water partition coefficient (Wildman–Crippen LogP) is 3.44. The van der Waals surface area contributed by atoms with Crippen LogP contribution in [0.2, 0.25) is 0 Å². The standard InChI is InChI=1S/C29H38N4O4/c1-23-8-10-27(11-9-23)37-22-29(35)20-31(15-16-33(21-29)25(3)34)19-26-6-4-7-28(18-26)36-17-5-13-32-14-12-30-24(32)2/h4,6-12,14,18,35H,5,13,15-17,19-22H2,1-3H3/t29-/m1/s1. The molecule has 0 aliphatic carbocycles. The minimum Gasteiger partial charge on any atom is -0.494 e. The summed E-state index contributed by atoms with van der Waals surface area (Å²) < 4.78 is 14.1. The Labute approximate surface area is 219 Å². The van der Waals surface area contributed by atoms with Gasteiger partial charge in [0.15, 0.2) is 0 Å². The highest BCUT2D eigenvalue weighted by atomic mass is 16.5. The van der Waals surface area contributed by atoms with E-state index in [0.717, 1.165) is 35.7 Å². The number of nitrogens with zero attached hydrogens (tertiary/aromatic N) is 4. The Balaban J connectivity index is 1.36. The van der Waals surface area contributed by atoms with Crippen molar-refractivity contribution < 1.29 is 19.4 Å². The molecule has 1 fully saturated rings. The van der Waals surface area contributed by atoms with Crippen molar-refractivity contribution in [3.63, 3.8) is 0 Å². The molecule has 0 unspecified atom stereocenters. The zero-order valence-corrected chi connectivity index (χ0v) is 22.1. The predicted molar refractivity (Wildman–Crippen MR) is 143 cm³/mol. The second kappa shape index (κ2) is 12.3. The maximum Gasteiger partial charge on any atom is 0.219 e. The van der Waals surface area contributed by atoms with Crippen molar-refractivity contribution in [1.82, 2.24) is 19.4 Å². The summed E-state index contributed by atoms with van der Waals surface area (Å²) in [6.45, 7) is 9.68. The number of hydrogen-bond acceptors (Lipinski definition) is 6. The average molecular weight is 507 g/mol. The van der Waals surface area contributed by atoms with Gasteiger partial charge in [-0.25, -0.2) is 4.98 Å². The molecule has 0 radical (unpaired) electrons. The number of carbonyl (C=O) groups is 1. The molecule has 3 aromatic rings. The third-order valence-electron chi connectivity index (χ3n) is 6.70. The van der Waals surface area contributed by atoms with Gasteiger partial charge in [0, 0.05) is 52.0 Å². The van der Waals surface area contributed by atoms with Crippen LogP contribution in [0.15, 0.2) is 60.9 Å². The molecule has 0 bridgehead atoms. The van der Waals surface area contributed by atoms with Gasteiger partial charge < -0.3 is 24.0 Å². The molecule has 198 valence electrons. The van der Waals surface area contributed by atoms with Crippen LogP contribution in [0.1, 0.15) is 30.3 Å². The first kappa shape index (κ1) is 26.7. The van der Waals surface area contributed by atoms with Crippen LogP contribution >= 0.6 is 0 Å². The van der Waals surface area contributed by atoms with E-state index in [1.807, 2.05) is 62.6 Å². The summed E-state index contributed by atoms with van der Waals surface area (Å²) >= 11 is 0. The molecule has 1 aliphatic rings. The average Bonchev–Trinajstić information content (AvgIpc) is 3.20. The van der Waals surface area contributed by atoms with Gasteiger partial charge in [-0.2, -0.15) is 0 Å². The summed E-state index contributed by atoms with van der Waals surface area (Å²) in [5, 5.41) is 11.5. The van der Waals surface area contributed by atoms with E-state index in [2.05, 4.69) is 26.6 Å². The van der Waals surface area contributed by atoms with E-state index in [1.165, 1.54) is 0 Å². The molecule has 4 rings (SSSR count). The van der Waals surface area contributed by atoms with Crippen molar-refractivity contribution in [2.75, 3.05) is 39.4 Å². The first-order chi connectivity index (χ1) is 17.8. The molecule has 8 heteroatoms. The number of aliphatic hydroxyl groups is 1. The van der Waals surface area contributed by atoms with E-state index in [9.17, 15) is 9.90 Å². The molecule has 8 nitrogen and oxygen atoms in total. The summed E-state index contributed by atoms with van der Waals surface area (Å²) in [7, 11) is 0. The Morgan fingerprint density at radius 3 is 2.59 bits per heavy atom. The highest BCUT2D eigenvalue weighted by Crippen LogP contribution is 2.22. The van der Waals surface area contributed by atoms with Gasteiger partial charge in [-0.1, -0.05) is 29.8 Å². The van der Waals surface area contributed by atoms with Crippen molar-refractivity contribution in [1.29, 1.82) is 0 Å². The highest BCUT2D eigenvalue weighted by molar-refractivity contribution is 5.73. The SMILES string of the molecule is CC(=O)N1CCN(Cc2cccc(OCCCn3ccnc3C)c2)C[C@](O)(COc2ccc(C)cc2)C1. The lowest BCUT2D eigenvalue weighted by Gasteiger charge is -2.32. The molecule has 1 aliphatic heterocycles. The number of amides is 1. The van der Waals surface area contributed by atoms with Crippen LogP contribution in [0.3, 0.4) is 0 Å². The molecule has 2 heterocycles. The lowest BCUT2D eigenvalue weighted by atomic mass is 10.0. The normalized spacial score (nSPS) is 18.4. The minimum atomic E-state index is -1.19. The van der Waals surface area contributed by atoms with Crippen LogP contribution in [0.25, 0.3) is 0 Å². The first-order valence-electron chi connectivity index (χ1n) is 12.9. The van der Waals surface area contributed by atoms with Crippen LogP contribution in [-0.2, 0) is 17.9 Å². The number of aromatic nitrogens is 2. The number of carbonyl (C=O) groups excluding carboxylic acids is 1. The molecule has 1 aromatic heterocycles. The number of rotatable bonds is 10. The zero-order valence-electron chi connectivity index (χ0n) is 22.1. The van der Waals surface area contributed by atoms with Gasteiger partial charge in [-0.05, 0) is 50.1 Å². The van der Waals surface area contributed by atoms with Gasteiger partial charge in [-0.3, -0.25) is 9.69 Å². The van der Waals surface area contributed by atoms with Gasteiger partial charge in [-0.15, -0.1) is 0 Å². The van der Waals surface area contributed by atoms with Crippen molar-refractivity contribution in [3.05, 3.63) is 77.9 Å². The lowest BCUT2D eigenvalue weighted by Crippen LogP contribution is -2.51. The fraction of sp³-hybridized carbons (Fsp3) is 0.448. The van der Waals surface area contributed by atoms with E-state index < -0.39 is 5.60 Å². The van der Waals surface area contributed by atoms with Crippen molar-refractivity contribution in [2.24, 2.45) is 0 Å². The highest BCUT2D eigenvalue weighted by Gasteiger charge is 2.36. The van der Waals surface area contributed by atoms with Crippen LogP contribution in [0, 0.1) is 13.8 Å². The van der Waals surface area contributed by atoms with Crippen molar-refractivity contribution in [3.8, 4) is 11.5 Å². The fourth-order valence-electron chi connectivity index (χ4n) is 4.65. The van der Waals surface area contributed by atoms with E-state index in [-0.39, 0.29) is 19.1 Å². The van der Waals surface area contributed by atoms with Crippen LogP contribution in [-0.4, -0.2) is 75.4 Å². The molecule has 2 aromatic carbocycles. The first-order valence-corrected chi connectivity index (χ1v) is 12.9. The molecular formula is C29H38N4O4. The number of benzene rings is 2. The zero-order chi connectivity index (χ0) is 26.3. The molecular weight excluding hydrogens is 468 g/mol. The smallest absolute Gasteiger partial charge is 0.219 e. The molecule has 37 heavy (non-hydrogen) atoms. The molecule has 1 saturated heterocycles. The second-order valence-corrected chi connectivity index (χ2v) is 9.99. The summed E-state index contributed by atoms with van der Waals surface area (Å²) in [5.41, 5.74) is 1.06. The van der Waals surface area contributed by atoms with E-state index in [0.29, 0.717) is 38.5 Å². The van der Waals surface area contributed by atoms with E-state index >= 15 is 0 Å². The minimum absolute atomic E-state index is 0.0445. The van der Waals surface area contributed by atoms with Gasteiger partial charge >= 0.3 is 0 Å². The van der Waals surface area contributed by atoms with Crippen LogP contribution < -0.4 is 9.47 Å². The van der Waals surface area contributed by atoms with Gasteiger partial charge in [0.05, 0.1) is 13.2 Å². The molecule has 0 saturated carbocycles. The van der Waals surface area contributed by atoms with Gasteiger partial charge in [0.25, 0.3) is 0 Å². The number of ether oxygens (including phenoxy) is 2. The number of hydrogen-bond donors (Lipinski definition) is 1. The monoisotopic (exact) mass is 506 g/mol. The molecule has 1 N–H and O–H groups in total. The largest absolute Gasteiger partial charge is 0.494 e. The van der Waals surface area contributed by atoms with E-state index in [1.54, 1.807) is 11.8 Å². The maximum absolute atomic E-state index is 12.2. The lowest BCUT2D eigenvalue weighted by molar-refractivity contribution is -0.132. The van der Waals surface area contributed by atoms with E-state index in [4.69, 9.17) is 9.47 Å². The third-order valence-corrected chi connectivity index (χ3v) is 6.70. The topological polar surface area (TPSA) is 80.1 Å². The molecule has 0 spiro atoms. The van der Waals surface area contributed by atoms with Crippen molar-refractivity contribution >= 4 is 5.91 Å². The summed E-state index contributed by atoms with van der Waals surface area (Å²) in [5.74, 6) is 2.50. The third kappa shape index (κ3) is 7.81. The second-order valence-electron chi connectivity index (χ2n) is 9.99. The molecule has 1 atom stereocenters. The molecule has 1 amide bonds. The van der Waals surface area contributed by atoms with Gasteiger partial charge in [0.2, 0.25) is 5.91 Å². The Bertz CT molecular complexity index is 1160.